The molecule has 3 heteroatoms. The Balaban J connectivity index is 2.28. The van der Waals surface area contributed by atoms with Crippen LogP contribution in [0.15, 0.2) is 0 Å². The zero-order chi connectivity index (χ0) is 13.1. The number of aliphatic hydroxyl groups excluding tert-OH is 1. The van der Waals surface area contributed by atoms with Crippen molar-refractivity contribution in [3.8, 4) is 0 Å². The lowest BCUT2D eigenvalue weighted by atomic mass is 9.88. The van der Waals surface area contributed by atoms with E-state index in [-0.39, 0.29) is 24.4 Å². The Kier molecular flexibility index (Phi) is 4.99. The molecule has 0 aromatic rings. The van der Waals surface area contributed by atoms with Gasteiger partial charge in [-0.3, -0.25) is 0 Å². The van der Waals surface area contributed by atoms with Crippen molar-refractivity contribution in [3.63, 3.8) is 0 Å². The molecule has 0 spiro atoms. The summed E-state index contributed by atoms with van der Waals surface area (Å²) < 4.78 is 11.6. The van der Waals surface area contributed by atoms with Crippen molar-refractivity contribution in [1.82, 2.24) is 0 Å². The Morgan fingerprint density at radius 2 is 1.76 bits per heavy atom. The second kappa shape index (κ2) is 5.68. The Labute approximate surface area is 105 Å². The van der Waals surface area contributed by atoms with Crippen molar-refractivity contribution < 1.29 is 14.6 Å². The minimum absolute atomic E-state index is 0.0693. The van der Waals surface area contributed by atoms with Crippen molar-refractivity contribution >= 4 is 0 Å². The lowest BCUT2D eigenvalue weighted by Crippen LogP contribution is -2.30. The lowest BCUT2D eigenvalue weighted by molar-refractivity contribution is -0.0920. The molecule has 2 unspecified atom stereocenters. The van der Waals surface area contributed by atoms with E-state index >= 15 is 0 Å². The Bertz CT molecular complexity index is 228. The first kappa shape index (κ1) is 14.9. The monoisotopic (exact) mass is 244 g/mol. The molecule has 3 nitrogen and oxygen atoms in total. The molecule has 0 aliphatic heterocycles. The van der Waals surface area contributed by atoms with Crippen LogP contribution < -0.4 is 0 Å². The topological polar surface area (TPSA) is 38.7 Å². The molecule has 1 N–H and O–H groups in total. The van der Waals surface area contributed by atoms with E-state index in [1.807, 2.05) is 13.8 Å². The summed E-state index contributed by atoms with van der Waals surface area (Å²) in [6.45, 7) is 11.3. The van der Waals surface area contributed by atoms with Crippen molar-refractivity contribution in [2.24, 2.45) is 5.41 Å². The highest BCUT2D eigenvalue weighted by molar-refractivity contribution is 4.99. The van der Waals surface area contributed by atoms with Gasteiger partial charge in [-0.15, -0.1) is 0 Å². The van der Waals surface area contributed by atoms with Crippen LogP contribution in [0.2, 0.25) is 0 Å². The predicted octanol–water partition coefficient (Wildman–Crippen LogP) is 2.76. The van der Waals surface area contributed by atoms with Crippen molar-refractivity contribution in [2.45, 2.75) is 71.7 Å². The van der Waals surface area contributed by atoms with E-state index in [4.69, 9.17) is 14.6 Å². The number of aliphatic hydroxyl groups is 1. The molecular weight excluding hydrogens is 216 g/mol. The van der Waals surface area contributed by atoms with E-state index in [1.165, 1.54) is 12.8 Å². The van der Waals surface area contributed by atoms with E-state index in [0.29, 0.717) is 12.0 Å². The minimum Gasteiger partial charge on any atom is -0.394 e. The van der Waals surface area contributed by atoms with Gasteiger partial charge in [-0.25, -0.2) is 0 Å². The Morgan fingerprint density at radius 3 is 2.18 bits per heavy atom. The van der Waals surface area contributed by atoms with Gasteiger partial charge in [-0.05, 0) is 38.5 Å². The number of hydrogen-bond acceptors (Lipinski definition) is 3. The maximum absolute atomic E-state index is 8.88. The predicted molar refractivity (Wildman–Crippen MR) is 69.1 cm³/mol. The fraction of sp³-hybridized carbons (Fsp3) is 1.00. The minimum atomic E-state index is -0.0983. The van der Waals surface area contributed by atoms with Gasteiger partial charge in [0.25, 0.3) is 0 Å². The third-order valence-electron chi connectivity index (χ3n) is 2.98. The van der Waals surface area contributed by atoms with Crippen LogP contribution in [0.4, 0.5) is 0 Å². The molecule has 0 amide bonds. The first-order valence-electron chi connectivity index (χ1n) is 6.67. The average molecular weight is 244 g/mol. The maximum Gasteiger partial charge on any atom is 0.0788 e. The molecule has 0 saturated heterocycles. The van der Waals surface area contributed by atoms with E-state index in [9.17, 15) is 0 Å². The van der Waals surface area contributed by atoms with Gasteiger partial charge in [0, 0.05) is 0 Å². The molecule has 1 rings (SSSR count). The van der Waals surface area contributed by atoms with Crippen molar-refractivity contribution in [3.05, 3.63) is 0 Å². The van der Waals surface area contributed by atoms with Crippen LogP contribution in [0.25, 0.3) is 0 Å². The summed E-state index contributed by atoms with van der Waals surface area (Å²) in [5, 5.41) is 8.88. The van der Waals surface area contributed by atoms with Gasteiger partial charge in [-0.2, -0.15) is 0 Å². The first-order valence-corrected chi connectivity index (χ1v) is 6.67. The molecule has 2 atom stereocenters. The van der Waals surface area contributed by atoms with Crippen molar-refractivity contribution in [2.75, 3.05) is 13.2 Å². The van der Waals surface area contributed by atoms with Crippen LogP contribution in [0.3, 0.4) is 0 Å². The van der Waals surface area contributed by atoms with E-state index in [0.717, 1.165) is 6.42 Å². The van der Waals surface area contributed by atoms with Gasteiger partial charge in [0.15, 0.2) is 0 Å². The zero-order valence-electron chi connectivity index (χ0n) is 12.0. The third-order valence-corrected chi connectivity index (χ3v) is 2.98. The standard InChI is InChI=1S/C14H28O3/c1-11(8-15)16-9-12(2)17-14(6-7-14)10-13(3,4)5/h11-12,15H,6-10H2,1-5H3. The Hall–Kier alpha value is -0.120. The molecule has 1 fully saturated rings. The van der Waals surface area contributed by atoms with E-state index < -0.39 is 0 Å². The normalized spacial score (nSPS) is 22.2. The number of ether oxygens (including phenoxy) is 2. The lowest BCUT2D eigenvalue weighted by Gasteiger charge is -2.29. The van der Waals surface area contributed by atoms with Crippen LogP contribution in [-0.2, 0) is 9.47 Å². The van der Waals surface area contributed by atoms with Gasteiger partial charge in [0.2, 0.25) is 0 Å². The second-order valence-electron chi connectivity index (χ2n) is 6.68. The van der Waals surface area contributed by atoms with Gasteiger partial charge in [0.1, 0.15) is 0 Å². The van der Waals surface area contributed by atoms with E-state index in [1.54, 1.807) is 0 Å². The molecule has 0 bridgehead atoms. The summed E-state index contributed by atoms with van der Waals surface area (Å²) in [5.41, 5.74) is 0.416. The SMILES string of the molecule is CC(CO)OCC(C)OC1(CC(C)(C)C)CC1. The molecule has 1 saturated carbocycles. The van der Waals surface area contributed by atoms with Crippen LogP contribution >= 0.6 is 0 Å². The smallest absolute Gasteiger partial charge is 0.0788 e. The quantitative estimate of drug-likeness (QED) is 0.748. The third kappa shape index (κ3) is 5.84. The first-order chi connectivity index (χ1) is 7.76. The van der Waals surface area contributed by atoms with Crippen LogP contribution in [0.1, 0.15) is 53.9 Å². The molecule has 0 aromatic carbocycles. The fourth-order valence-corrected chi connectivity index (χ4v) is 2.26. The van der Waals surface area contributed by atoms with Gasteiger partial charge in [0.05, 0.1) is 31.0 Å². The summed E-state index contributed by atoms with van der Waals surface area (Å²) in [4.78, 5) is 0. The van der Waals surface area contributed by atoms with Crippen LogP contribution in [-0.4, -0.2) is 36.1 Å². The summed E-state index contributed by atoms with van der Waals surface area (Å²) in [6.07, 6.45) is 3.46. The molecular formula is C14H28O3. The van der Waals surface area contributed by atoms with Gasteiger partial charge >= 0.3 is 0 Å². The van der Waals surface area contributed by atoms with E-state index in [2.05, 4.69) is 20.8 Å². The summed E-state index contributed by atoms with van der Waals surface area (Å²) in [6, 6.07) is 0. The molecule has 1 aliphatic rings. The molecule has 0 aromatic heterocycles. The zero-order valence-corrected chi connectivity index (χ0v) is 12.0. The maximum atomic E-state index is 8.88. The second-order valence-corrected chi connectivity index (χ2v) is 6.68. The average Bonchev–Trinajstić information content (AvgIpc) is 2.91. The largest absolute Gasteiger partial charge is 0.394 e. The molecule has 0 radical (unpaired) electrons. The summed E-state index contributed by atoms with van der Waals surface area (Å²) >= 11 is 0. The fourth-order valence-electron chi connectivity index (χ4n) is 2.26. The van der Waals surface area contributed by atoms with Gasteiger partial charge < -0.3 is 14.6 Å². The van der Waals surface area contributed by atoms with Crippen LogP contribution in [0, 0.1) is 5.41 Å². The molecule has 17 heavy (non-hydrogen) atoms. The number of hydrogen-bond donors (Lipinski definition) is 1. The summed E-state index contributed by atoms with van der Waals surface area (Å²) in [5.74, 6) is 0. The number of rotatable bonds is 7. The van der Waals surface area contributed by atoms with Gasteiger partial charge in [-0.1, -0.05) is 20.8 Å². The molecule has 0 heterocycles. The van der Waals surface area contributed by atoms with Crippen LogP contribution in [0.5, 0.6) is 0 Å². The highest BCUT2D eigenvalue weighted by atomic mass is 16.6. The van der Waals surface area contributed by atoms with Crippen molar-refractivity contribution in [1.29, 1.82) is 0 Å². The molecule has 102 valence electrons. The molecule has 1 aliphatic carbocycles. The summed E-state index contributed by atoms with van der Waals surface area (Å²) in [7, 11) is 0. The highest BCUT2D eigenvalue weighted by Gasteiger charge is 2.47. The highest BCUT2D eigenvalue weighted by Crippen LogP contribution is 2.48. The Morgan fingerprint density at radius 1 is 1.18 bits per heavy atom.